The van der Waals surface area contributed by atoms with E-state index in [1.807, 2.05) is 19.2 Å². The van der Waals surface area contributed by atoms with Gasteiger partial charge in [-0.2, -0.15) is 5.10 Å². The molecule has 0 radical (unpaired) electrons. The maximum absolute atomic E-state index is 5.53. The van der Waals surface area contributed by atoms with Crippen molar-refractivity contribution < 1.29 is 9.47 Å². The number of rotatable bonds is 7. The topological polar surface area (TPSA) is 52.4 Å². The third-order valence-electron chi connectivity index (χ3n) is 4.19. The van der Waals surface area contributed by atoms with Crippen LogP contribution in [0.4, 0.5) is 0 Å². The zero-order chi connectivity index (χ0) is 16.1. The number of pyridine rings is 1. The zero-order valence-electron chi connectivity index (χ0n) is 13.8. The SMILES string of the molecule is CCOCC[C@@H]1CN(Cc2cccnc2OC)Cc2ccnn21. The Morgan fingerprint density at radius 3 is 3.04 bits per heavy atom. The quantitative estimate of drug-likeness (QED) is 0.734. The number of hydrogen-bond acceptors (Lipinski definition) is 5. The number of aromatic nitrogens is 3. The molecule has 0 saturated heterocycles. The van der Waals surface area contributed by atoms with Gasteiger partial charge in [0, 0.05) is 50.8 Å². The Balaban J connectivity index is 1.72. The fourth-order valence-corrected chi connectivity index (χ4v) is 3.13. The predicted octanol–water partition coefficient (Wildman–Crippen LogP) is 2.27. The Kier molecular flexibility index (Phi) is 5.25. The standard InChI is InChI=1S/C17H24N4O2/c1-3-23-10-7-16-13-20(12-15-6-9-19-21(15)16)11-14-5-4-8-18-17(14)22-2/h4-6,8-9,16H,3,7,10-13H2,1-2H3/t16-/m1/s1. The lowest BCUT2D eigenvalue weighted by atomic mass is 10.1. The van der Waals surface area contributed by atoms with Gasteiger partial charge in [0.15, 0.2) is 0 Å². The Morgan fingerprint density at radius 2 is 2.22 bits per heavy atom. The average Bonchev–Trinajstić information content (AvgIpc) is 3.04. The van der Waals surface area contributed by atoms with E-state index in [0.717, 1.165) is 44.8 Å². The maximum atomic E-state index is 5.53. The van der Waals surface area contributed by atoms with Crippen LogP contribution in [0.15, 0.2) is 30.6 Å². The van der Waals surface area contributed by atoms with Gasteiger partial charge in [-0.05, 0) is 25.5 Å². The van der Waals surface area contributed by atoms with Crippen LogP contribution in [0.2, 0.25) is 0 Å². The molecule has 2 aromatic heterocycles. The van der Waals surface area contributed by atoms with Gasteiger partial charge < -0.3 is 9.47 Å². The summed E-state index contributed by atoms with van der Waals surface area (Å²) in [4.78, 5) is 6.71. The first-order chi connectivity index (χ1) is 11.3. The molecule has 3 rings (SSSR count). The molecule has 6 nitrogen and oxygen atoms in total. The zero-order valence-corrected chi connectivity index (χ0v) is 13.8. The molecule has 0 spiro atoms. The first-order valence-corrected chi connectivity index (χ1v) is 8.12. The number of hydrogen-bond donors (Lipinski definition) is 0. The van der Waals surface area contributed by atoms with Crippen molar-refractivity contribution in [1.82, 2.24) is 19.7 Å². The molecule has 124 valence electrons. The minimum atomic E-state index is 0.350. The van der Waals surface area contributed by atoms with E-state index in [-0.39, 0.29) is 0 Å². The second-order valence-electron chi connectivity index (χ2n) is 5.75. The highest BCUT2D eigenvalue weighted by molar-refractivity contribution is 5.25. The Morgan fingerprint density at radius 1 is 1.30 bits per heavy atom. The van der Waals surface area contributed by atoms with Crippen LogP contribution in [0.1, 0.15) is 30.6 Å². The molecule has 1 aliphatic heterocycles. The van der Waals surface area contributed by atoms with E-state index in [1.165, 1.54) is 5.69 Å². The van der Waals surface area contributed by atoms with Gasteiger partial charge in [-0.1, -0.05) is 6.07 Å². The molecular weight excluding hydrogens is 292 g/mol. The summed E-state index contributed by atoms with van der Waals surface area (Å²) in [6.45, 7) is 6.23. The van der Waals surface area contributed by atoms with Gasteiger partial charge in [0.25, 0.3) is 0 Å². The maximum Gasteiger partial charge on any atom is 0.217 e. The molecule has 2 aromatic rings. The summed E-state index contributed by atoms with van der Waals surface area (Å²) in [5.74, 6) is 0.706. The van der Waals surface area contributed by atoms with E-state index < -0.39 is 0 Å². The van der Waals surface area contributed by atoms with Crippen LogP contribution in [0, 0.1) is 0 Å². The molecule has 0 bridgehead atoms. The Hall–Kier alpha value is -1.92. The monoisotopic (exact) mass is 316 g/mol. The van der Waals surface area contributed by atoms with Crippen molar-refractivity contribution in [3.63, 3.8) is 0 Å². The minimum Gasteiger partial charge on any atom is -0.481 e. The van der Waals surface area contributed by atoms with Crippen LogP contribution >= 0.6 is 0 Å². The molecule has 0 aromatic carbocycles. The highest BCUT2D eigenvalue weighted by Gasteiger charge is 2.26. The normalized spacial score (nSPS) is 17.9. The molecule has 23 heavy (non-hydrogen) atoms. The van der Waals surface area contributed by atoms with Gasteiger partial charge in [0.2, 0.25) is 5.88 Å². The molecule has 0 saturated carbocycles. The van der Waals surface area contributed by atoms with E-state index in [0.29, 0.717) is 11.9 Å². The molecular formula is C17H24N4O2. The molecule has 0 amide bonds. The summed E-state index contributed by atoms with van der Waals surface area (Å²) in [5.41, 5.74) is 2.37. The summed E-state index contributed by atoms with van der Waals surface area (Å²) in [7, 11) is 1.67. The van der Waals surface area contributed by atoms with Crippen LogP contribution in [0.25, 0.3) is 0 Å². The lowest BCUT2D eigenvalue weighted by molar-refractivity contribution is 0.103. The molecule has 0 aliphatic carbocycles. The van der Waals surface area contributed by atoms with Crippen molar-refractivity contribution in [2.45, 2.75) is 32.5 Å². The molecule has 1 aliphatic rings. The Bertz CT molecular complexity index is 629. The van der Waals surface area contributed by atoms with E-state index >= 15 is 0 Å². The first-order valence-electron chi connectivity index (χ1n) is 8.12. The van der Waals surface area contributed by atoms with E-state index in [9.17, 15) is 0 Å². The smallest absolute Gasteiger partial charge is 0.217 e. The largest absolute Gasteiger partial charge is 0.481 e. The molecule has 0 unspecified atom stereocenters. The molecule has 3 heterocycles. The van der Waals surface area contributed by atoms with Gasteiger partial charge >= 0.3 is 0 Å². The molecule has 1 atom stereocenters. The number of methoxy groups -OCH3 is 1. The van der Waals surface area contributed by atoms with Crippen molar-refractivity contribution >= 4 is 0 Å². The van der Waals surface area contributed by atoms with Crippen molar-refractivity contribution in [3.05, 3.63) is 41.9 Å². The van der Waals surface area contributed by atoms with Crippen LogP contribution in [-0.4, -0.2) is 46.5 Å². The lowest BCUT2D eigenvalue weighted by Crippen LogP contribution is -2.37. The summed E-state index contributed by atoms with van der Waals surface area (Å²) in [5, 5.41) is 4.49. The lowest BCUT2D eigenvalue weighted by Gasteiger charge is -2.34. The number of nitrogens with zero attached hydrogens (tertiary/aromatic N) is 4. The van der Waals surface area contributed by atoms with Crippen LogP contribution in [-0.2, 0) is 17.8 Å². The van der Waals surface area contributed by atoms with Gasteiger partial charge in [0.05, 0.1) is 18.8 Å². The van der Waals surface area contributed by atoms with E-state index in [2.05, 4.69) is 31.8 Å². The fourth-order valence-electron chi connectivity index (χ4n) is 3.13. The highest BCUT2D eigenvalue weighted by Crippen LogP contribution is 2.26. The summed E-state index contributed by atoms with van der Waals surface area (Å²) < 4.78 is 13.0. The number of fused-ring (bicyclic) bond motifs is 1. The van der Waals surface area contributed by atoms with Crippen molar-refractivity contribution in [3.8, 4) is 5.88 Å². The fraction of sp³-hybridized carbons (Fsp3) is 0.529. The summed E-state index contributed by atoms with van der Waals surface area (Å²) in [6.07, 6.45) is 4.62. The number of ether oxygens (including phenoxy) is 2. The predicted molar refractivity (Wildman–Crippen MR) is 87.3 cm³/mol. The average molecular weight is 316 g/mol. The van der Waals surface area contributed by atoms with E-state index in [1.54, 1.807) is 13.3 Å². The third kappa shape index (κ3) is 3.71. The second kappa shape index (κ2) is 7.57. The van der Waals surface area contributed by atoms with Crippen LogP contribution in [0.3, 0.4) is 0 Å². The van der Waals surface area contributed by atoms with Gasteiger partial charge in [-0.3, -0.25) is 9.58 Å². The van der Waals surface area contributed by atoms with Gasteiger partial charge in [0.1, 0.15) is 0 Å². The van der Waals surface area contributed by atoms with E-state index in [4.69, 9.17) is 9.47 Å². The summed E-state index contributed by atoms with van der Waals surface area (Å²) >= 11 is 0. The van der Waals surface area contributed by atoms with Gasteiger partial charge in [-0.25, -0.2) is 4.98 Å². The highest BCUT2D eigenvalue weighted by atomic mass is 16.5. The molecule has 0 N–H and O–H groups in total. The van der Waals surface area contributed by atoms with Crippen molar-refractivity contribution in [2.24, 2.45) is 0 Å². The first kappa shape index (κ1) is 16.0. The van der Waals surface area contributed by atoms with Gasteiger partial charge in [-0.15, -0.1) is 0 Å². The second-order valence-corrected chi connectivity index (χ2v) is 5.75. The van der Waals surface area contributed by atoms with Crippen LogP contribution in [0.5, 0.6) is 5.88 Å². The summed E-state index contributed by atoms with van der Waals surface area (Å²) in [6, 6.07) is 6.48. The minimum absolute atomic E-state index is 0.350. The third-order valence-corrected chi connectivity index (χ3v) is 4.19. The Labute approximate surface area is 137 Å². The van der Waals surface area contributed by atoms with Crippen molar-refractivity contribution in [1.29, 1.82) is 0 Å². The molecule has 6 heteroatoms. The van der Waals surface area contributed by atoms with Crippen molar-refractivity contribution in [2.75, 3.05) is 26.9 Å². The molecule has 0 fully saturated rings. The van der Waals surface area contributed by atoms with Crippen LogP contribution < -0.4 is 4.74 Å².